The Bertz CT molecular complexity index is 626. The smallest absolute Gasteiger partial charge is 0.162 e. The molecule has 21 heavy (non-hydrogen) atoms. The van der Waals surface area contributed by atoms with Gasteiger partial charge in [0.2, 0.25) is 0 Å². The maximum absolute atomic E-state index is 6.56. The Morgan fingerprint density at radius 2 is 1.67 bits per heavy atom. The van der Waals surface area contributed by atoms with Crippen LogP contribution in [-0.2, 0) is 6.42 Å². The Labute approximate surface area is 135 Å². The summed E-state index contributed by atoms with van der Waals surface area (Å²) in [5, 5.41) is 0.361. The molecule has 0 saturated carbocycles. The molecule has 0 aliphatic heterocycles. The fraction of sp³-hybridized carbons (Fsp3) is 0.294. The lowest BCUT2D eigenvalue weighted by molar-refractivity contribution is 0.354. The van der Waals surface area contributed by atoms with Crippen molar-refractivity contribution in [3.05, 3.63) is 58.1 Å². The Morgan fingerprint density at radius 3 is 2.29 bits per heavy atom. The van der Waals surface area contributed by atoms with Crippen molar-refractivity contribution in [1.29, 1.82) is 0 Å². The van der Waals surface area contributed by atoms with Crippen molar-refractivity contribution >= 4 is 23.2 Å². The number of rotatable bonds is 5. The van der Waals surface area contributed by atoms with Crippen molar-refractivity contribution in [2.75, 3.05) is 14.2 Å². The molecule has 1 unspecified atom stereocenters. The van der Waals surface area contributed by atoms with Crippen LogP contribution in [0.5, 0.6) is 11.5 Å². The van der Waals surface area contributed by atoms with Crippen LogP contribution in [0.15, 0.2) is 36.4 Å². The zero-order valence-corrected chi connectivity index (χ0v) is 13.8. The average Bonchev–Trinajstić information content (AvgIpc) is 2.49. The van der Waals surface area contributed by atoms with Crippen molar-refractivity contribution in [2.24, 2.45) is 0 Å². The van der Waals surface area contributed by atoms with E-state index in [2.05, 4.69) is 19.1 Å². The predicted molar refractivity (Wildman–Crippen MR) is 88.0 cm³/mol. The number of halogens is 2. The summed E-state index contributed by atoms with van der Waals surface area (Å²) >= 11 is 12.9. The highest BCUT2D eigenvalue weighted by molar-refractivity contribution is 6.33. The molecule has 0 saturated heterocycles. The molecule has 2 aromatic rings. The van der Waals surface area contributed by atoms with Gasteiger partial charge in [-0.25, -0.2) is 0 Å². The summed E-state index contributed by atoms with van der Waals surface area (Å²) in [6, 6.07) is 11.8. The van der Waals surface area contributed by atoms with E-state index in [0.717, 1.165) is 5.56 Å². The first-order valence-electron chi connectivity index (χ1n) is 6.66. The van der Waals surface area contributed by atoms with Gasteiger partial charge in [0, 0.05) is 11.1 Å². The molecule has 1 atom stereocenters. The third-order valence-electron chi connectivity index (χ3n) is 3.50. The fourth-order valence-corrected chi connectivity index (χ4v) is 2.94. The van der Waals surface area contributed by atoms with Crippen LogP contribution in [0.3, 0.4) is 0 Å². The molecule has 2 nitrogen and oxygen atoms in total. The van der Waals surface area contributed by atoms with Crippen molar-refractivity contribution in [1.82, 2.24) is 0 Å². The molecule has 0 heterocycles. The van der Waals surface area contributed by atoms with Gasteiger partial charge in [0.25, 0.3) is 0 Å². The monoisotopic (exact) mass is 324 g/mol. The van der Waals surface area contributed by atoms with Crippen LogP contribution in [-0.4, -0.2) is 14.2 Å². The highest BCUT2D eigenvalue weighted by Gasteiger charge is 2.17. The lowest BCUT2D eigenvalue weighted by Crippen LogP contribution is -2.00. The number of hydrogen-bond acceptors (Lipinski definition) is 2. The lowest BCUT2D eigenvalue weighted by atomic mass is 10.00. The van der Waals surface area contributed by atoms with E-state index in [1.807, 2.05) is 18.2 Å². The summed E-state index contributed by atoms with van der Waals surface area (Å²) in [5.41, 5.74) is 3.28. The van der Waals surface area contributed by atoms with Crippen LogP contribution in [0.2, 0.25) is 5.02 Å². The third-order valence-corrected chi connectivity index (χ3v) is 4.22. The van der Waals surface area contributed by atoms with Gasteiger partial charge in [0.1, 0.15) is 0 Å². The van der Waals surface area contributed by atoms with Crippen LogP contribution in [0.1, 0.15) is 22.1 Å². The maximum Gasteiger partial charge on any atom is 0.162 e. The van der Waals surface area contributed by atoms with Gasteiger partial charge < -0.3 is 9.47 Å². The van der Waals surface area contributed by atoms with E-state index in [0.29, 0.717) is 22.9 Å². The van der Waals surface area contributed by atoms with Crippen molar-refractivity contribution < 1.29 is 9.47 Å². The molecule has 0 aromatic heterocycles. The molecule has 2 aromatic carbocycles. The van der Waals surface area contributed by atoms with Gasteiger partial charge in [-0.1, -0.05) is 35.9 Å². The van der Waals surface area contributed by atoms with E-state index in [-0.39, 0.29) is 5.38 Å². The number of ether oxygens (including phenoxy) is 2. The topological polar surface area (TPSA) is 18.5 Å². The maximum atomic E-state index is 6.56. The van der Waals surface area contributed by atoms with Gasteiger partial charge in [-0.2, -0.15) is 0 Å². The molecule has 2 rings (SSSR count). The van der Waals surface area contributed by atoms with Crippen molar-refractivity contribution in [3.63, 3.8) is 0 Å². The van der Waals surface area contributed by atoms with Crippen LogP contribution in [0, 0.1) is 6.92 Å². The summed E-state index contributed by atoms with van der Waals surface area (Å²) in [6.45, 7) is 2.08. The van der Waals surface area contributed by atoms with Crippen LogP contribution in [0.4, 0.5) is 0 Å². The highest BCUT2D eigenvalue weighted by atomic mass is 35.5. The average molecular weight is 325 g/mol. The second-order valence-electron chi connectivity index (χ2n) is 4.83. The van der Waals surface area contributed by atoms with Gasteiger partial charge in [-0.3, -0.25) is 0 Å². The van der Waals surface area contributed by atoms with Crippen LogP contribution >= 0.6 is 23.2 Å². The zero-order valence-electron chi connectivity index (χ0n) is 12.3. The minimum absolute atomic E-state index is 0.224. The number of methoxy groups -OCH3 is 2. The highest BCUT2D eigenvalue weighted by Crippen LogP contribution is 2.39. The molecule has 0 radical (unpaired) electrons. The second-order valence-corrected chi connectivity index (χ2v) is 5.76. The van der Waals surface area contributed by atoms with Gasteiger partial charge in [-0.05, 0) is 36.1 Å². The first-order valence-corrected chi connectivity index (χ1v) is 7.48. The number of benzene rings is 2. The quantitative estimate of drug-likeness (QED) is 0.705. The summed E-state index contributed by atoms with van der Waals surface area (Å²) in [7, 11) is 3.18. The summed E-state index contributed by atoms with van der Waals surface area (Å²) in [4.78, 5) is 0. The number of aryl methyl sites for hydroxylation is 1. The zero-order chi connectivity index (χ0) is 15.4. The summed E-state index contributed by atoms with van der Waals surface area (Å²) < 4.78 is 10.6. The Hall–Kier alpha value is -1.38. The van der Waals surface area contributed by atoms with E-state index >= 15 is 0 Å². The Kier molecular flexibility index (Phi) is 5.38. The van der Waals surface area contributed by atoms with E-state index in [9.17, 15) is 0 Å². The van der Waals surface area contributed by atoms with E-state index in [4.69, 9.17) is 32.7 Å². The van der Waals surface area contributed by atoms with E-state index in [1.165, 1.54) is 11.1 Å². The van der Waals surface area contributed by atoms with Crippen LogP contribution < -0.4 is 9.47 Å². The molecular weight excluding hydrogens is 307 g/mol. The molecule has 0 fully saturated rings. The summed E-state index contributed by atoms with van der Waals surface area (Å²) in [5.74, 6) is 1.23. The third kappa shape index (κ3) is 3.63. The SMILES string of the molecule is COc1cc(Cl)c(C(Cl)Cc2ccccc2C)cc1OC. The molecule has 0 N–H and O–H groups in total. The first kappa shape index (κ1) is 16.0. The molecule has 0 spiro atoms. The van der Waals surface area contributed by atoms with Crippen molar-refractivity contribution in [2.45, 2.75) is 18.7 Å². The Morgan fingerprint density at radius 1 is 1.05 bits per heavy atom. The molecule has 4 heteroatoms. The van der Waals surface area contributed by atoms with E-state index < -0.39 is 0 Å². The van der Waals surface area contributed by atoms with Gasteiger partial charge in [0.15, 0.2) is 11.5 Å². The van der Waals surface area contributed by atoms with Gasteiger partial charge in [-0.15, -0.1) is 11.6 Å². The molecule has 112 valence electrons. The standard InChI is InChI=1S/C17H18Cl2O2/c1-11-6-4-5-7-12(11)8-14(18)13-9-16(20-2)17(21-3)10-15(13)19/h4-7,9-10,14H,8H2,1-3H3. The second kappa shape index (κ2) is 7.06. The normalized spacial score (nSPS) is 12.0. The molecule has 0 bridgehead atoms. The number of alkyl halides is 1. The van der Waals surface area contributed by atoms with E-state index in [1.54, 1.807) is 20.3 Å². The fourth-order valence-electron chi connectivity index (χ4n) is 2.25. The minimum atomic E-state index is -0.224. The predicted octanol–water partition coefficient (Wildman–Crippen LogP) is 5.19. The molecule has 0 aliphatic rings. The Balaban J connectivity index is 2.31. The first-order chi connectivity index (χ1) is 10.1. The molecule has 0 amide bonds. The largest absolute Gasteiger partial charge is 0.493 e. The minimum Gasteiger partial charge on any atom is -0.493 e. The molecular formula is C17H18Cl2O2. The van der Waals surface area contributed by atoms with Crippen molar-refractivity contribution in [3.8, 4) is 11.5 Å². The van der Waals surface area contributed by atoms with Gasteiger partial charge >= 0.3 is 0 Å². The van der Waals surface area contributed by atoms with Crippen LogP contribution in [0.25, 0.3) is 0 Å². The number of hydrogen-bond donors (Lipinski definition) is 0. The summed E-state index contributed by atoms with van der Waals surface area (Å²) in [6.07, 6.45) is 0.712. The van der Waals surface area contributed by atoms with Gasteiger partial charge in [0.05, 0.1) is 19.6 Å². The lowest BCUT2D eigenvalue weighted by Gasteiger charge is -2.16. The molecule has 0 aliphatic carbocycles.